The SMILES string of the molecule is COC(OC)c1nc2c(cc1CN(C)C(=O)C1CCOC1)CCCN2C(=O)Nc1cc(F)c(C#N)cn1. The first kappa shape index (κ1) is 26.4. The Morgan fingerprint density at radius 2 is 2.16 bits per heavy atom. The molecule has 12 heteroatoms. The standard InChI is InChI=1S/C25H29FN6O5/c1-31(23(33)16-6-8-37-14-16)13-17-9-15-5-4-7-32(22(15)30-21(17)24(35-2)36-3)25(34)29-20-10-19(26)18(11-27)12-28-20/h9-10,12,16,24H,4-8,13-14H2,1-3H3,(H,28,29,34). The lowest BCUT2D eigenvalue weighted by Gasteiger charge is -2.31. The number of urea groups is 1. The van der Waals surface area contributed by atoms with E-state index in [1.165, 1.54) is 19.1 Å². The first-order valence-electron chi connectivity index (χ1n) is 11.9. The van der Waals surface area contributed by atoms with Crippen molar-refractivity contribution >= 4 is 23.6 Å². The molecule has 2 aliphatic heterocycles. The number of hydrogen-bond acceptors (Lipinski definition) is 8. The highest BCUT2D eigenvalue weighted by Gasteiger charge is 2.31. The maximum atomic E-state index is 14.0. The number of ether oxygens (including phenoxy) is 3. The Morgan fingerprint density at radius 3 is 2.81 bits per heavy atom. The highest BCUT2D eigenvalue weighted by molar-refractivity contribution is 6.01. The smallest absolute Gasteiger partial charge is 0.328 e. The van der Waals surface area contributed by atoms with Crippen LogP contribution in [-0.2, 0) is 32.0 Å². The van der Waals surface area contributed by atoms with Crippen LogP contribution in [0.5, 0.6) is 0 Å². The number of nitriles is 1. The predicted molar refractivity (Wildman–Crippen MR) is 130 cm³/mol. The minimum Gasteiger partial charge on any atom is -0.381 e. The van der Waals surface area contributed by atoms with Crippen molar-refractivity contribution in [1.29, 1.82) is 5.26 Å². The second-order valence-electron chi connectivity index (χ2n) is 8.92. The van der Waals surface area contributed by atoms with Gasteiger partial charge in [-0.25, -0.2) is 19.2 Å². The second-order valence-corrected chi connectivity index (χ2v) is 8.92. The lowest BCUT2D eigenvalue weighted by atomic mass is 10.0. The summed E-state index contributed by atoms with van der Waals surface area (Å²) in [6.07, 6.45) is 2.30. The lowest BCUT2D eigenvalue weighted by molar-refractivity contribution is -0.135. The molecule has 1 saturated heterocycles. The fourth-order valence-corrected chi connectivity index (χ4v) is 4.54. The van der Waals surface area contributed by atoms with Crippen molar-refractivity contribution in [1.82, 2.24) is 14.9 Å². The molecule has 0 aliphatic carbocycles. The molecule has 2 aromatic heterocycles. The molecular weight excluding hydrogens is 483 g/mol. The molecule has 37 heavy (non-hydrogen) atoms. The predicted octanol–water partition coefficient (Wildman–Crippen LogP) is 2.76. The van der Waals surface area contributed by atoms with Gasteiger partial charge in [-0.3, -0.25) is 15.0 Å². The number of fused-ring (bicyclic) bond motifs is 1. The van der Waals surface area contributed by atoms with Crippen LogP contribution in [0.3, 0.4) is 0 Å². The quantitative estimate of drug-likeness (QED) is 0.561. The van der Waals surface area contributed by atoms with Crippen LogP contribution in [0.15, 0.2) is 18.3 Å². The number of halogens is 1. The number of anilines is 2. The number of amides is 3. The van der Waals surface area contributed by atoms with E-state index in [1.54, 1.807) is 18.0 Å². The van der Waals surface area contributed by atoms with E-state index in [-0.39, 0.29) is 29.8 Å². The van der Waals surface area contributed by atoms with E-state index in [1.807, 2.05) is 6.07 Å². The Bertz CT molecular complexity index is 1210. The summed E-state index contributed by atoms with van der Waals surface area (Å²) in [4.78, 5) is 37.8. The minimum absolute atomic E-state index is 0.00397. The van der Waals surface area contributed by atoms with Crippen molar-refractivity contribution in [3.63, 3.8) is 0 Å². The first-order chi connectivity index (χ1) is 17.9. The van der Waals surface area contributed by atoms with Gasteiger partial charge in [0.25, 0.3) is 0 Å². The Hall–Kier alpha value is -3.66. The fourth-order valence-electron chi connectivity index (χ4n) is 4.54. The van der Waals surface area contributed by atoms with Crippen LogP contribution in [0.1, 0.15) is 41.5 Å². The number of nitrogens with one attached hydrogen (secondary N) is 1. The third-order valence-electron chi connectivity index (χ3n) is 6.44. The van der Waals surface area contributed by atoms with E-state index >= 15 is 0 Å². The second kappa shape index (κ2) is 11.6. The van der Waals surface area contributed by atoms with Gasteiger partial charge in [-0.1, -0.05) is 0 Å². The lowest BCUT2D eigenvalue weighted by Crippen LogP contribution is -2.40. The van der Waals surface area contributed by atoms with Crippen LogP contribution in [0.25, 0.3) is 0 Å². The number of methoxy groups -OCH3 is 2. The van der Waals surface area contributed by atoms with Gasteiger partial charge in [0.1, 0.15) is 34.8 Å². The number of carbonyl (C=O) groups excluding carboxylic acids is 2. The summed E-state index contributed by atoms with van der Waals surface area (Å²) in [7, 11) is 4.71. The Balaban J connectivity index is 1.62. The average molecular weight is 513 g/mol. The summed E-state index contributed by atoms with van der Waals surface area (Å²) < 4.78 is 30.3. The Kier molecular flexibility index (Phi) is 8.27. The van der Waals surface area contributed by atoms with Gasteiger partial charge in [-0.05, 0) is 36.5 Å². The zero-order chi connectivity index (χ0) is 26.5. The minimum atomic E-state index is -0.820. The normalized spacial score (nSPS) is 16.9. The van der Waals surface area contributed by atoms with Gasteiger partial charge in [0.05, 0.1) is 18.7 Å². The topological polar surface area (TPSA) is 130 Å². The van der Waals surface area contributed by atoms with Crippen LogP contribution < -0.4 is 10.2 Å². The van der Waals surface area contributed by atoms with Gasteiger partial charge in [0, 0.05) is 47.0 Å². The van der Waals surface area contributed by atoms with Crippen LogP contribution in [0.4, 0.5) is 20.8 Å². The average Bonchev–Trinajstić information content (AvgIpc) is 3.44. The molecule has 2 aromatic rings. The highest BCUT2D eigenvalue weighted by atomic mass is 19.1. The number of aromatic nitrogens is 2. The molecule has 0 saturated carbocycles. The maximum Gasteiger partial charge on any atom is 0.328 e. The van der Waals surface area contributed by atoms with Gasteiger partial charge in [0.15, 0.2) is 0 Å². The van der Waals surface area contributed by atoms with Crippen LogP contribution >= 0.6 is 0 Å². The summed E-state index contributed by atoms with van der Waals surface area (Å²) in [5, 5.41) is 11.5. The Labute approximate surface area is 214 Å². The molecule has 4 heterocycles. The van der Waals surface area contributed by atoms with Crippen LogP contribution in [0.2, 0.25) is 0 Å². The summed E-state index contributed by atoms with van der Waals surface area (Å²) in [5.74, 6) is -0.542. The molecule has 0 bridgehead atoms. The third-order valence-corrected chi connectivity index (χ3v) is 6.44. The van der Waals surface area contributed by atoms with E-state index in [2.05, 4.69) is 10.3 Å². The van der Waals surface area contributed by atoms with Gasteiger partial charge in [-0.15, -0.1) is 0 Å². The van der Waals surface area contributed by atoms with E-state index in [0.29, 0.717) is 50.5 Å². The zero-order valence-corrected chi connectivity index (χ0v) is 21.0. The molecule has 3 amide bonds. The number of hydrogen-bond donors (Lipinski definition) is 1. The van der Waals surface area contributed by atoms with Crippen molar-refractivity contribution in [2.45, 2.75) is 32.1 Å². The van der Waals surface area contributed by atoms with Crippen molar-refractivity contribution in [3.8, 4) is 6.07 Å². The van der Waals surface area contributed by atoms with Gasteiger partial charge in [0.2, 0.25) is 12.2 Å². The van der Waals surface area contributed by atoms with Crippen LogP contribution in [0, 0.1) is 23.1 Å². The number of aryl methyl sites for hydroxylation is 1. The number of nitrogens with zero attached hydrogens (tertiary/aromatic N) is 5. The number of carbonyl (C=O) groups is 2. The van der Waals surface area contributed by atoms with E-state index in [4.69, 9.17) is 24.5 Å². The molecule has 196 valence electrons. The summed E-state index contributed by atoms with van der Waals surface area (Å²) in [5.41, 5.74) is 1.82. The third kappa shape index (κ3) is 5.69. The maximum absolute atomic E-state index is 14.0. The van der Waals surface area contributed by atoms with Gasteiger partial charge >= 0.3 is 6.03 Å². The molecular formula is C25H29FN6O5. The summed E-state index contributed by atoms with van der Waals surface area (Å²) in [6.45, 7) is 1.66. The Morgan fingerprint density at radius 1 is 1.38 bits per heavy atom. The molecule has 2 aliphatic rings. The summed E-state index contributed by atoms with van der Waals surface area (Å²) >= 11 is 0. The van der Waals surface area contributed by atoms with Crippen molar-refractivity contribution in [3.05, 3.63) is 46.5 Å². The summed E-state index contributed by atoms with van der Waals surface area (Å²) in [6, 6.07) is 4.08. The van der Waals surface area contributed by atoms with E-state index in [0.717, 1.165) is 23.4 Å². The highest BCUT2D eigenvalue weighted by Crippen LogP contribution is 2.32. The monoisotopic (exact) mass is 512 g/mol. The molecule has 0 radical (unpaired) electrons. The molecule has 0 spiro atoms. The van der Waals surface area contributed by atoms with E-state index in [9.17, 15) is 14.0 Å². The van der Waals surface area contributed by atoms with Gasteiger partial charge < -0.3 is 19.1 Å². The first-order valence-corrected chi connectivity index (χ1v) is 11.9. The van der Waals surface area contributed by atoms with E-state index < -0.39 is 18.1 Å². The molecule has 1 N–H and O–H groups in total. The van der Waals surface area contributed by atoms with Crippen molar-refractivity contribution < 1.29 is 28.2 Å². The number of rotatable bonds is 7. The fraction of sp³-hybridized carbons (Fsp3) is 0.480. The van der Waals surface area contributed by atoms with Gasteiger partial charge in [-0.2, -0.15) is 5.26 Å². The molecule has 11 nitrogen and oxygen atoms in total. The largest absolute Gasteiger partial charge is 0.381 e. The molecule has 0 aromatic carbocycles. The molecule has 1 unspecified atom stereocenters. The van der Waals surface area contributed by atoms with Crippen LogP contribution in [-0.4, -0.2) is 67.8 Å². The van der Waals surface area contributed by atoms with Crippen molar-refractivity contribution in [2.24, 2.45) is 5.92 Å². The van der Waals surface area contributed by atoms with Crippen molar-refractivity contribution in [2.75, 3.05) is 51.2 Å². The number of pyridine rings is 2. The molecule has 4 rings (SSSR count). The molecule has 1 fully saturated rings. The zero-order valence-electron chi connectivity index (χ0n) is 21.0. The molecule has 1 atom stereocenters.